The van der Waals surface area contributed by atoms with Crippen LogP contribution >= 0.6 is 7.81 Å². The SMILES string of the molecule is CC(C)c1[c-]cccc1.F[P-](F)(F)(F)(F)F.[C-]1=CC=CC1.[Fe+2]. The van der Waals surface area contributed by atoms with Crippen molar-refractivity contribution in [2.75, 3.05) is 0 Å². The normalized spacial score (nSPS) is 15.5. The molecule has 0 aliphatic heterocycles. The zero-order valence-electron chi connectivity index (χ0n) is 11.9. The first-order chi connectivity index (χ1) is 9.25. The summed E-state index contributed by atoms with van der Waals surface area (Å²) >= 11 is 0. The molecule has 1 aromatic carbocycles. The third kappa shape index (κ3) is 24.3. The third-order valence-corrected chi connectivity index (χ3v) is 1.94. The molecule has 0 amide bonds. The Morgan fingerprint density at radius 1 is 1.05 bits per heavy atom. The van der Waals surface area contributed by atoms with Gasteiger partial charge in [-0.05, 0) is 5.92 Å². The van der Waals surface area contributed by atoms with Gasteiger partial charge in [0.15, 0.2) is 0 Å². The Balaban J connectivity index is 0. The molecule has 0 atom stereocenters. The van der Waals surface area contributed by atoms with Gasteiger partial charge in [0.05, 0.1) is 0 Å². The number of benzene rings is 1. The summed E-state index contributed by atoms with van der Waals surface area (Å²) in [5, 5.41) is 0. The van der Waals surface area contributed by atoms with Gasteiger partial charge in [-0.2, -0.15) is 42.0 Å². The summed E-state index contributed by atoms with van der Waals surface area (Å²) in [7, 11) is -10.7. The van der Waals surface area contributed by atoms with Crippen LogP contribution in [0.3, 0.4) is 0 Å². The van der Waals surface area contributed by atoms with Crippen molar-refractivity contribution in [1.82, 2.24) is 0 Å². The number of rotatable bonds is 1. The van der Waals surface area contributed by atoms with Crippen molar-refractivity contribution < 1.29 is 42.3 Å². The van der Waals surface area contributed by atoms with Crippen LogP contribution in [0.2, 0.25) is 0 Å². The van der Waals surface area contributed by atoms with Gasteiger partial charge in [0.2, 0.25) is 0 Å². The molecule has 1 aromatic rings. The van der Waals surface area contributed by atoms with E-state index in [4.69, 9.17) is 0 Å². The number of allylic oxidation sites excluding steroid dienone is 4. The van der Waals surface area contributed by atoms with Crippen LogP contribution in [0.5, 0.6) is 0 Å². The Bertz CT molecular complexity index is 455. The summed E-state index contributed by atoms with van der Waals surface area (Å²) in [6, 6.07) is 11.3. The molecule has 0 radical (unpaired) electrons. The van der Waals surface area contributed by atoms with E-state index < -0.39 is 7.81 Å². The van der Waals surface area contributed by atoms with Crippen molar-refractivity contribution in [2.45, 2.75) is 26.2 Å². The molecule has 22 heavy (non-hydrogen) atoms. The molecule has 1 aliphatic carbocycles. The molecular weight excluding hydrogens is 369 g/mol. The van der Waals surface area contributed by atoms with E-state index in [-0.39, 0.29) is 17.1 Å². The third-order valence-electron chi connectivity index (χ3n) is 1.94. The van der Waals surface area contributed by atoms with E-state index in [1.165, 1.54) is 5.56 Å². The molecule has 0 saturated carbocycles. The topological polar surface area (TPSA) is 0 Å². The minimum absolute atomic E-state index is 0. The zero-order valence-corrected chi connectivity index (χ0v) is 13.9. The van der Waals surface area contributed by atoms with Gasteiger partial charge in [-0.3, -0.25) is 6.08 Å². The Kier molecular flexibility index (Phi) is 8.74. The molecule has 8 heteroatoms. The fourth-order valence-electron chi connectivity index (χ4n) is 1.11. The van der Waals surface area contributed by atoms with E-state index in [1.807, 2.05) is 30.4 Å². The molecule has 1 aliphatic rings. The van der Waals surface area contributed by atoms with Crippen molar-refractivity contribution in [3.05, 3.63) is 60.2 Å². The molecule has 0 N–H and O–H groups in total. The molecule has 0 aromatic heterocycles. The van der Waals surface area contributed by atoms with Crippen LogP contribution in [0.4, 0.5) is 25.2 Å². The number of hydrogen-bond acceptors (Lipinski definition) is 0. The first kappa shape index (κ1) is 23.5. The zero-order chi connectivity index (χ0) is 16.6. The van der Waals surface area contributed by atoms with Gasteiger partial charge in [0.1, 0.15) is 0 Å². The van der Waals surface area contributed by atoms with Crippen molar-refractivity contribution in [3.63, 3.8) is 0 Å². The fraction of sp³-hybridized carbons (Fsp3) is 0.286. The molecule has 0 spiro atoms. The summed E-state index contributed by atoms with van der Waals surface area (Å²) in [6.07, 6.45) is 10.0. The van der Waals surface area contributed by atoms with Crippen molar-refractivity contribution in [2.24, 2.45) is 0 Å². The van der Waals surface area contributed by atoms with Crippen molar-refractivity contribution >= 4 is 7.81 Å². The van der Waals surface area contributed by atoms with Gasteiger partial charge in [-0.15, -0.1) is 6.42 Å². The molecule has 0 saturated heterocycles. The fourth-order valence-corrected chi connectivity index (χ4v) is 1.11. The number of hydrogen-bond donors (Lipinski definition) is 0. The van der Waals surface area contributed by atoms with Crippen LogP contribution in [0.25, 0.3) is 0 Å². The standard InChI is InChI=1S/C9H11.C5H5.F6P.Fe/c1-8(2)9-6-4-3-5-7-9;1-2-4-5-3-1;1-7(2,3,4,5)6;/h3-6,8H,1-2H3;1-3H,4H2;;/q3*-1;+2. The second-order valence-corrected chi connectivity index (χ2v) is 6.35. The Hall–Kier alpha value is -0.771. The Morgan fingerprint density at radius 2 is 1.59 bits per heavy atom. The minimum Gasteiger partial charge on any atom is -0.273 e. The predicted molar refractivity (Wildman–Crippen MR) is 74.5 cm³/mol. The molecule has 0 nitrogen and oxygen atoms in total. The van der Waals surface area contributed by atoms with Crippen LogP contribution in [0.15, 0.2) is 42.5 Å². The summed E-state index contributed by atoms with van der Waals surface area (Å²) in [5.41, 5.74) is 1.29. The van der Waals surface area contributed by atoms with E-state index in [9.17, 15) is 25.2 Å². The smallest absolute Gasteiger partial charge is 0.273 e. The Morgan fingerprint density at radius 3 is 1.77 bits per heavy atom. The monoisotopic (exact) mass is 385 g/mol. The van der Waals surface area contributed by atoms with Gasteiger partial charge in [-0.1, -0.05) is 13.8 Å². The first-order valence-corrected chi connectivity index (χ1v) is 8.03. The van der Waals surface area contributed by atoms with Gasteiger partial charge in [0.25, 0.3) is 0 Å². The van der Waals surface area contributed by atoms with Crippen LogP contribution in [0, 0.1) is 12.1 Å². The van der Waals surface area contributed by atoms with Crippen LogP contribution in [0.1, 0.15) is 31.7 Å². The summed E-state index contributed by atoms with van der Waals surface area (Å²) in [4.78, 5) is 0. The largest absolute Gasteiger partial charge is 2.00 e. The van der Waals surface area contributed by atoms with Gasteiger partial charge >= 0.3 is 50.1 Å². The molecule has 0 bridgehead atoms. The summed E-state index contributed by atoms with van der Waals surface area (Å²) < 4.78 is 59.2. The van der Waals surface area contributed by atoms with Gasteiger partial charge in [-0.25, -0.2) is 12.2 Å². The van der Waals surface area contributed by atoms with Crippen LogP contribution in [-0.2, 0) is 17.1 Å². The molecule has 0 unspecified atom stereocenters. The maximum Gasteiger partial charge on any atom is 2.00 e. The van der Waals surface area contributed by atoms with Crippen molar-refractivity contribution in [3.8, 4) is 0 Å². The first-order valence-electron chi connectivity index (χ1n) is 6.00. The van der Waals surface area contributed by atoms with Gasteiger partial charge in [0, 0.05) is 0 Å². The van der Waals surface area contributed by atoms with E-state index in [0.717, 1.165) is 6.42 Å². The molecule has 0 heterocycles. The van der Waals surface area contributed by atoms with E-state index in [2.05, 4.69) is 38.1 Å². The maximum absolute atomic E-state index is 10.7. The maximum atomic E-state index is 9.87. The minimum atomic E-state index is -10.7. The van der Waals surface area contributed by atoms with Crippen LogP contribution in [-0.4, -0.2) is 0 Å². The van der Waals surface area contributed by atoms with E-state index in [0.29, 0.717) is 5.92 Å². The predicted octanol–water partition coefficient (Wildman–Crippen LogP) is 7.30. The average molecular weight is 385 g/mol. The quantitative estimate of drug-likeness (QED) is 0.206. The number of halogens is 6. The second-order valence-electron chi connectivity index (χ2n) is 4.43. The summed E-state index contributed by atoms with van der Waals surface area (Å²) in [5.74, 6) is 0.603. The molecular formula is C14H16F6FeP-. The van der Waals surface area contributed by atoms with E-state index >= 15 is 0 Å². The summed E-state index contributed by atoms with van der Waals surface area (Å²) in [6.45, 7) is 4.34. The average Bonchev–Trinajstić information content (AvgIpc) is 2.84. The molecule has 0 fully saturated rings. The molecule has 128 valence electrons. The van der Waals surface area contributed by atoms with Gasteiger partial charge < -0.3 is 0 Å². The molecule has 2 rings (SSSR count). The second kappa shape index (κ2) is 8.19. The van der Waals surface area contributed by atoms with E-state index in [1.54, 1.807) is 0 Å². The van der Waals surface area contributed by atoms with Crippen molar-refractivity contribution in [1.29, 1.82) is 0 Å². The van der Waals surface area contributed by atoms with Crippen LogP contribution < -0.4 is 0 Å². The Labute approximate surface area is 137 Å².